The van der Waals surface area contributed by atoms with E-state index in [0.29, 0.717) is 5.91 Å². The summed E-state index contributed by atoms with van der Waals surface area (Å²) in [5.41, 5.74) is 0. The minimum absolute atomic E-state index is 0.399. The summed E-state index contributed by atoms with van der Waals surface area (Å²) in [5, 5.41) is 0. The van der Waals surface area contributed by atoms with Crippen molar-refractivity contribution in [3.05, 3.63) is 0 Å². The van der Waals surface area contributed by atoms with E-state index in [1.807, 2.05) is 0 Å². The molecule has 0 radical (unpaired) electrons. The summed E-state index contributed by atoms with van der Waals surface area (Å²) in [5.74, 6) is 1.26. The average molecular weight is 281 g/mol. The summed E-state index contributed by atoms with van der Waals surface area (Å²) in [4.78, 5) is 13.9. The summed E-state index contributed by atoms with van der Waals surface area (Å²) < 4.78 is 0. The van der Waals surface area contributed by atoms with Crippen molar-refractivity contribution < 1.29 is 4.79 Å². The van der Waals surface area contributed by atoms with Crippen molar-refractivity contribution in [2.24, 2.45) is 5.92 Å². The molecule has 118 valence electrons. The SMILES string of the molecule is CC(C)CCCCCCCCCN1CCCCCC1=O. The van der Waals surface area contributed by atoms with Gasteiger partial charge in [0.2, 0.25) is 5.91 Å². The van der Waals surface area contributed by atoms with Gasteiger partial charge in [0, 0.05) is 19.5 Å². The predicted octanol–water partition coefficient (Wildman–Crippen LogP) is 5.17. The molecule has 0 N–H and O–H groups in total. The van der Waals surface area contributed by atoms with E-state index in [1.165, 1.54) is 64.2 Å². The quantitative estimate of drug-likeness (QED) is 0.506. The summed E-state index contributed by atoms with van der Waals surface area (Å²) in [6, 6.07) is 0. The monoisotopic (exact) mass is 281 g/mol. The van der Waals surface area contributed by atoms with Crippen LogP contribution in [-0.4, -0.2) is 23.9 Å². The molecule has 1 fully saturated rings. The number of hydrogen-bond donors (Lipinski definition) is 0. The van der Waals surface area contributed by atoms with E-state index in [-0.39, 0.29) is 0 Å². The van der Waals surface area contributed by atoms with Gasteiger partial charge in [0.25, 0.3) is 0 Å². The van der Waals surface area contributed by atoms with Crippen LogP contribution >= 0.6 is 0 Å². The molecular formula is C18H35NO. The highest BCUT2D eigenvalue weighted by atomic mass is 16.2. The fourth-order valence-corrected chi connectivity index (χ4v) is 3.01. The molecule has 1 amide bonds. The van der Waals surface area contributed by atoms with Crippen LogP contribution in [0.3, 0.4) is 0 Å². The first kappa shape index (κ1) is 17.5. The van der Waals surface area contributed by atoms with Gasteiger partial charge >= 0.3 is 0 Å². The van der Waals surface area contributed by atoms with Gasteiger partial charge in [0.05, 0.1) is 0 Å². The Morgan fingerprint density at radius 1 is 0.900 bits per heavy atom. The molecule has 0 aromatic carbocycles. The Balaban J connectivity index is 1.90. The molecule has 2 nitrogen and oxygen atoms in total. The van der Waals surface area contributed by atoms with Crippen LogP contribution in [0.1, 0.15) is 90.9 Å². The number of rotatable bonds is 10. The number of hydrogen-bond acceptors (Lipinski definition) is 1. The van der Waals surface area contributed by atoms with E-state index < -0.39 is 0 Å². The molecule has 0 atom stereocenters. The Morgan fingerprint density at radius 3 is 2.25 bits per heavy atom. The van der Waals surface area contributed by atoms with Crippen LogP contribution in [0.15, 0.2) is 0 Å². The Hall–Kier alpha value is -0.530. The Kier molecular flexibility index (Phi) is 9.78. The highest BCUT2D eigenvalue weighted by molar-refractivity contribution is 5.76. The number of carbonyl (C=O) groups is 1. The maximum absolute atomic E-state index is 11.8. The van der Waals surface area contributed by atoms with Gasteiger partial charge < -0.3 is 4.90 Å². The maximum atomic E-state index is 11.8. The standard InChI is InChI=1S/C18H35NO/c1-17(2)13-9-6-4-3-5-7-11-15-19-16-12-8-10-14-18(19)20/h17H,3-16H2,1-2H3. The van der Waals surface area contributed by atoms with E-state index in [1.54, 1.807) is 0 Å². The second-order valence-corrected chi connectivity index (χ2v) is 6.85. The smallest absolute Gasteiger partial charge is 0.222 e. The molecule has 0 aliphatic carbocycles. The minimum Gasteiger partial charge on any atom is -0.343 e. The molecule has 0 spiro atoms. The van der Waals surface area contributed by atoms with Gasteiger partial charge in [0.15, 0.2) is 0 Å². The number of amides is 1. The number of unbranched alkanes of at least 4 members (excludes halogenated alkanes) is 6. The lowest BCUT2D eigenvalue weighted by molar-refractivity contribution is -0.130. The fraction of sp³-hybridized carbons (Fsp3) is 0.944. The van der Waals surface area contributed by atoms with Gasteiger partial charge in [-0.2, -0.15) is 0 Å². The number of nitrogens with zero attached hydrogens (tertiary/aromatic N) is 1. The van der Waals surface area contributed by atoms with Crippen LogP contribution in [0.4, 0.5) is 0 Å². The third-order valence-corrected chi connectivity index (χ3v) is 4.38. The summed E-state index contributed by atoms with van der Waals surface area (Å²) in [7, 11) is 0. The van der Waals surface area contributed by atoms with E-state index in [0.717, 1.165) is 31.8 Å². The molecule has 2 heteroatoms. The zero-order valence-corrected chi connectivity index (χ0v) is 13.8. The van der Waals surface area contributed by atoms with Gasteiger partial charge in [-0.1, -0.05) is 65.2 Å². The number of carbonyl (C=O) groups excluding carboxylic acids is 1. The molecule has 0 unspecified atom stereocenters. The topological polar surface area (TPSA) is 20.3 Å². The molecule has 0 bridgehead atoms. The highest BCUT2D eigenvalue weighted by Crippen LogP contribution is 2.14. The average Bonchev–Trinajstić information content (AvgIpc) is 2.61. The van der Waals surface area contributed by atoms with Gasteiger partial charge in [-0.3, -0.25) is 4.79 Å². The van der Waals surface area contributed by atoms with Crippen LogP contribution in [0.25, 0.3) is 0 Å². The molecule has 0 aromatic heterocycles. The first-order valence-corrected chi connectivity index (χ1v) is 8.98. The number of likely N-dealkylation sites (tertiary alicyclic amines) is 1. The molecule has 1 rings (SSSR count). The van der Waals surface area contributed by atoms with Gasteiger partial charge in [-0.05, 0) is 25.2 Å². The largest absolute Gasteiger partial charge is 0.343 e. The fourth-order valence-electron chi connectivity index (χ4n) is 3.01. The Morgan fingerprint density at radius 2 is 1.55 bits per heavy atom. The third kappa shape index (κ3) is 8.60. The molecule has 0 aromatic rings. The van der Waals surface area contributed by atoms with Crippen molar-refractivity contribution in [2.75, 3.05) is 13.1 Å². The summed E-state index contributed by atoms with van der Waals surface area (Å²) in [6.45, 7) is 6.63. The zero-order chi connectivity index (χ0) is 14.6. The second kappa shape index (κ2) is 11.2. The van der Waals surface area contributed by atoms with Crippen molar-refractivity contribution in [2.45, 2.75) is 90.9 Å². The first-order valence-electron chi connectivity index (χ1n) is 8.98. The normalized spacial score (nSPS) is 16.8. The Bertz CT molecular complexity index is 250. The van der Waals surface area contributed by atoms with Gasteiger partial charge in [0.1, 0.15) is 0 Å². The van der Waals surface area contributed by atoms with Crippen molar-refractivity contribution in [1.29, 1.82) is 0 Å². The summed E-state index contributed by atoms with van der Waals surface area (Å²) in [6.07, 6.45) is 15.2. The predicted molar refractivity (Wildman–Crippen MR) is 86.8 cm³/mol. The maximum Gasteiger partial charge on any atom is 0.222 e. The van der Waals surface area contributed by atoms with E-state index in [9.17, 15) is 4.79 Å². The van der Waals surface area contributed by atoms with Crippen LogP contribution in [0.2, 0.25) is 0 Å². The van der Waals surface area contributed by atoms with E-state index >= 15 is 0 Å². The van der Waals surface area contributed by atoms with Crippen molar-refractivity contribution >= 4 is 5.91 Å². The summed E-state index contributed by atoms with van der Waals surface area (Å²) >= 11 is 0. The highest BCUT2D eigenvalue weighted by Gasteiger charge is 2.15. The zero-order valence-electron chi connectivity index (χ0n) is 13.8. The van der Waals surface area contributed by atoms with Crippen LogP contribution in [-0.2, 0) is 4.79 Å². The minimum atomic E-state index is 0.399. The van der Waals surface area contributed by atoms with Crippen LogP contribution in [0.5, 0.6) is 0 Å². The van der Waals surface area contributed by atoms with E-state index in [2.05, 4.69) is 18.7 Å². The lowest BCUT2D eigenvalue weighted by Gasteiger charge is -2.20. The lowest BCUT2D eigenvalue weighted by Crippen LogP contribution is -2.31. The third-order valence-electron chi connectivity index (χ3n) is 4.38. The molecule has 1 aliphatic heterocycles. The second-order valence-electron chi connectivity index (χ2n) is 6.85. The van der Waals surface area contributed by atoms with Crippen molar-refractivity contribution in [1.82, 2.24) is 4.90 Å². The molecule has 20 heavy (non-hydrogen) atoms. The van der Waals surface area contributed by atoms with Crippen LogP contribution < -0.4 is 0 Å². The van der Waals surface area contributed by atoms with E-state index in [4.69, 9.17) is 0 Å². The molecule has 1 saturated heterocycles. The van der Waals surface area contributed by atoms with Crippen molar-refractivity contribution in [3.8, 4) is 0 Å². The van der Waals surface area contributed by atoms with Gasteiger partial charge in [-0.25, -0.2) is 0 Å². The molecule has 0 saturated carbocycles. The lowest BCUT2D eigenvalue weighted by atomic mass is 10.0. The Labute approximate surface area is 126 Å². The van der Waals surface area contributed by atoms with Gasteiger partial charge in [-0.15, -0.1) is 0 Å². The molecule has 1 aliphatic rings. The first-order chi connectivity index (χ1) is 9.70. The molecule has 1 heterocycles. The molecular weight excluding hydrogens is 246 g/mol. The van der Waals surface area contributed by atoms with Crippen molar-refractivity contribution in [3.63, 3.8) is 0 Å². The van der Waals surface area contributed by atoms with Crippen LogP contribution in [0, 0.1) is 5.92 Å².